The number of sulfonamides is 1. The second kappa shape index (κ2) is 8.39. The average Bonchev–Trinajstić information content (AvgIpc) is 2.62. The van der Waals surface area contributed by atoms with Gasteiger partial charge in [-0.2, -0.15) is 13.5 Å². The zero-order valence-corrected chi connectivity index (χ0v) is 15.0. The molecule has 0 saturated carbocycles. The number of nitrogens with zero attached hydrogens (tertiary/aromatic N) is 1. The van der Waals surface area contributed by atoms with E-state index in [-0.39, 0.29) is 4.90 Å². The van der Waals surface area contributed by atoms with Crippen LogP contribution in [0.5, 0.6) is 17.2 Å². The van der Waals surface area contributed by atoms with Crippen LogP contribution < -0.4 is 19.0 Å². The molecule has 0 amide bonds. The number of ether oxygens (including phenoxy) is 3. The molecule has 7 nitrogen and oxygen atoms in total. The Morgan fingerprint density at radius 1 is 1.04 bits per heavy atom. The highest BCUT2D eigenvalue weighted by atomic mass is 32.2. The van der Waals surface area contributed by atoms with Crippen molar-refractivity contribution in [2.75, 3.05) is 20.8 Å². The lowest BCUT2D eigenvalue weighted by molar-refractivity contribution is 0.340. The topological polar surface area (TPSA) is 86.2 Å². The maximum Gasteiger partial charge on any atom is 0.276 e. The molecule has 0 aromatic heterocycles. The van der Waals surface area contributed by atoms with Crippen LogP contribution in [0.2, 0.25) is 0 Å². The lowest BCUT2D eigenvalue weighted by atomic mass is 10.2. The van der Waals surface area contributed by atoms with Crippen molar-refractivity contribution in [3.63, 3.8) is 0 Å². The first kappa shape index (κ1) is 18.6. The van der Waals surface area contributed by atoms with Crippen molar-refractivity contribution in [2.24, 2.45) is 5.10 Å². The van der Waals surface area contributed by atoms with Gasteiger partial charge in [0, 0.05) is 0 Å². The Bertz CT molecular complexity index is 833. The van der Waals surface area contributed by atoms with E-state index in [9.17, 15) is 8.42 Å². The van der Waals surface area contributed by atoms with Crippen LogP contribution in [-0.4, -0.2) is 35.5 Å². The Labute approximate surface area is 147 Å². The van der Waals surface area contributed by atoms with Crippen LogP contribution in [0, 0.1) is 0 Å². The summed E-state index contributed by atoms with van der Waals surface area (Å²) in [7, 11) is -0.691. The summed E-state index contributed by atoms with van der Waals surface area (Å²) in [4.78, 5) is 2.27. The van der Waals surface area contributed by atoms with Crippen molar-refractivity contribution in [1.29, 1.82) is 0 Å². The highest BCUT2D eigenvalue weighted by molar-refractivity contribution is 7.89. The van der Waals surface area contributed by atoms with Crippen molar-refractivity contribution in [2.45, 2.75) is 11.8 Å². The standard InChI is InChI=1S/C17H20N2O5S/c1-4-24-14-6-8-15(9-7-14)25(20,21)19-18-12-13-5-10-16(22-2)17(11-13)23-3/h5-12,19H,4H2,1-3H3. The summed E-state index contributed by atoms with van der Waals surface area (Å²) >= 11 is 0. The van der Waals surface area contributed by atoms with Gasteiger partial charge in [-0.25, -0.2) is 4.83 Å². The molecule has 0 radical (unpaired) electrons. The Morgan fingerprint density at radius 3 is 2.32 bits per heavy atom. The van der Waals surface area contributed by atoms with E-state index in [0.29, 0.717) is 29.4 Å². The minimum atomic E-state index is -3.75. The molecule has 0 atom stereocenters. The smallest absolute Gasteiger partial charge is 0.276 e. The highest BCUT2D eigenvalue weighted by Gasteiger charge is 2.12. The Hall–Kier alpha value is -2.74. The third kappa shape index (κ3) is 4.87. The van der Waals surface area contributed by atoms with E-state index >= 15 is 0 Å². The van der Waals surface area contributed by atoms with Crippen molar-refractivity contribution in [3.8, 4) is 17.2 Å². The summed E-state index contributed by atoms with van der Waals surface area (Å²) in [5.74, 6) is 1.71. The summed E-state index contributed by atoms with van der Waals surface area (Å²) in [5.41, 5.74) is 0.659. The van der Waals surface area contributed by atoms with Gasteiger partial charge in [0.05, 0.1) is 31.9 Å². The van der Waals surface area contributed by atoms with Gasteiger partial charge in [0.15, 0.2) is 11.5 Å². The zero-order valence-electron chi connectivity index (χ0n) is 14.2. The fourth-order valence-electron chi connectivity index (χ4n) is 2.04. The van der Waals surface area contributed by atoms with Crippen LogP contribution in [-0.2, 0) is 10.0 Å². The summed E-state index contributed by atoms with van der Waals surface area (Å²) in [6.07, 6.45) is 1.38. The first-order valence-electron chi connectivity index (χ1n) is 7.50. The highest BCUT2D eigenvalue weighted by Crippen LogP contribution is 2.26. The summed E-state index contributed by atoms with van der Waals surface area (Å²) < 4.78 is 40.0. The van der Waals surface area contributed by atoms with E-state index in [4.69, 9.17) is 14.2 Å². The third-order valence-corrected chi connectivity index (χ3v) is 4.48. The van der Waals surface area contributed by atoms with Gasteiger partial charge in [0.2, 0.25) is 0 Å². The average molecular weight is 364 g/mol. The molecule has 8 heteroatoms. The van der Waals surface area contributed by atoms with E-state index in [1.165, 1.54) is 32.6 Å². The van der Waals surface area contributed by atoms with Crippen molar-refractivity contribution >= 4 is 16.2 Å². The molecule has 25 heavy (non-hydrogen) atoms. The number of rotatable bonds is 8. The Kier molecular flexibility index (Phi) is 6.24. The van der Waals surface area contributed by atoms with E-state index in [1.54, 1.807) is 30.3 Å². The minimum Gasteiger partial charge on any atom is -0.494 e. The van der Waals surface area contributed by atoms with E-state index < -0.39 is 10.0 Å². The molecule has 0 bridgehead atoms. The number of methoxy groups -OCH3 is 2. The first-order valence-corrected chi connectivity index (χ1v) is 8.98. The summed E-state index contributed by atoms with van der Waals surface area (Å²) in [6.45, 7) is 2.37. The maximum atomic E-state index is 12.2. The lowest BCUT2D eigenvalue weighted by Crippen LogP contribution is -2.18. The molecule has 0 fully saturated rings. The van der Waals surface area contributed by atoms with E-state index in [2.05, 4.69) is 9.93 Å². The van der Waals surface area contributed by atoms with Gasteiger partial charge in [-0.3, -0.25) is 0 Å². The minimum absolute atomic E-state index is 0.0976. The molecular formula is C17H20N2O5S. The molecule has 0 heterocycles. The second-order valence-electron chi connectivity index (χ2n) is 4.87. The molecule has 2 rings (SSSR count). The molecule has 2 aromatic carbocycles. The van der Waals surface area contributed by atoms with E-state index in [0.717, 1.165) is 0 Å². The van der Waals surface area contributed by atoms with Crippen LogP contribution in [0.25, 0.3) is 0 Å². The summed E-state index contributed by atoms with van der Waals surface area (Å²) in [5, 5.41) is 3.79. The van der Waals surface area contributed by atoms with Crippen molar-refractivity contribution in [3.05, 3.63) is 48.0 Å². The number of hydrogen-bond acceptors (Lipinski definition) is 6. The van der Waals surface area contributed by atoms with Gasteiger partial charge >= 0.3 is 0 Å². The van der Waals surface area contributed by atoms with Crippen LogP contribution >= 0.6 is 0 Å². The first-order chi connectivity index (χ1) is 12.0. The van der Waals surface area contributed by atoms with Crippen LogP contribution in [0.15, 0.2) is 52.5 Å². The molecule has 0 spiro atoms. The van der Waals surface area contributed by atoms with Gasteiger partial charge < -0.3 is 14.2 Å². The quantitative estimate of drug-likeness (QED) is 0.574. The number of benzene rings is 2. The molecule has 1 N–H and O–H groups in total. The molecule has 2 aromatic rings. The van der Waals surface area contributed by atoms with Crippen molar-refractivity contribution < 1.29 is 22.6 Å². The SMILES string of the molecule is CCOc1ccc(S(=O)(=O)NN=Cc2ccc(OC)c(OC)c2)cc1. The van der Waals surface area contributed by atoms with E-state index in [1.807, 2.05) is 6.92 Å². The Balaban J connectivity index is 2.09. The van der Waals surface area contributed by atoms with Gasteiger partial charge in [-0.15, -0.1) is 0 Å². The molecule has 0 aliphatic carbocycles. The zero-order chi connectivity index (χ0) is 18.3. The fourth-order valence-corrected chi connectivity index (χ4v) is 2.83. The predicted octanol–water partition coefficient (Wildman–Crippen LogP) is 2.41. The maximum absolute atomic E-state index is 12.2. The van der Waals surface area contributed by atoms with Gasteiger partial charge in [0.25, 0.3) is 10.0 Å². The molecule has 0 aliphatic heterocycles. The van der Waals surface area contributed by atoms with Gasteiger partial charge in [-0.1, -0.05) is 0 Å². The third-order valence-electron chi connectivity index (χ3n) is 3.24. The predicted molar refractivity (Wildman–Crippen MR) is 95.1 cm³/mol. The van der Waals surface area contributed by atoms with Crippen LogP contribution in [0.1, 0.15) is 12.5 Å². The normalized spacial score (nSPS) is 11.3. The van der Waals surface area contributed by atoms with Crippen molar-refractivity contribution in [1.82, 2.24) is 4.83 Å². The molecule has 134 valence electrons. The number of nitrogens with one attached hydrogen (secondary N) is 1. The monoisotopic (exact) mass is 364 g/mol. The molecule has 0 saturated heterocycles. The lowest BCUT2D eigenvalue weighted by Gasteiger charge is -2.08. The fraction of sp³-hybridized carbons (Fsp3) is 0.235. The van der Waals surface area contributed by atoms with Gasteiger partial charge in [0.1, 0.15) is 5.75 Å². The Morgan fingerprint density at radius 2 is 1.72 bits per heavy atom. The van der Waals surface area contributed by atoms with Crippen LogP contribution in [0.3, 0.4) is 0 Å². The van der Waals surface area contributed by atoms with Crippen LogP contribution in [0.4, 0.5) is 0 Å². The van der Waals surface area contributed by atoms with Gasteiger partial charge in [-0.05, 0) is 55.0 Å². The summed E-state index contributed by atoms with van der Waals surface area (Å²) in [6, 6.07) is 11.2. The molecule has 0 unspecified atom stereocenters. The second-order valence-corrected chi connectivity index (χ2v) is 6.53. The number of hydrogen-bond donors (Lipinski definition) is 1. The largest absolute Gasteiger partial charge is 0.494 e. The molecular weight excluding hydrogens is 344 g/mol. The number of hydrazone groups is 1. The molecule has 0 aliphatic rings.